The largest absolute Gasteiger partial charge is 0.427 e. The normalized spacial score (nSPS) is 10.8. The zero-order valence-electron chi connectivity index (χ0n) is 6.45. The van der Waals surface area contributed by atoms with E-state index < -0.39 is 0 Å². The highest BCUT2D eigenvalue weighted by atomic mass is 35.5. The van der Waals surface area contributed by atoms with E-state index in [0.717, 1.165) is 15.9 Å². The molecule has 0 saturated carbocycles. The standard InChI is InChI=1S/C8H7ClN2O/c1-5-4-10-8-7(5)6(9)2-3-11(8)12/h2-4,12H,1H3. The van der Waals surface area contributed by atoms with Crippen molar-refractivity contribution in [1.82, 2.24) is 9.71 Å². The smallest absolute Gasteiger partial charge is 0.176 e. The number of hydrogen-bond donors (Lipinski definition) is 1. The van der Waals surface area contributed by atoms with Crippen LogP contribution in [-0.4, -0.2) is 14.9 Å². The van der Waals surface area contributed by atoms with Gasteiger partial charge in [0.15, 0.2) is 5.82 Å². The monoisotopic (exact) mass is 182 g/mol. The quantitative estimate of drug-likeness (QED) is 0.635. The molecule has 0 unspecified atom stereocenters. The Morgan fingerprint density at radius 3 is 3.00 bits per heavy atom. The number of nitrogens with zero attached hydrogens (tertiary/aromatic N) is 2. The summed E-state index contributed by atoms with van der Waals surface area (Å²) in [7, 11) is 0. The van der Waals surface area contributed by atoms with Gasteiger partial charge in [0, 0.05) is 18.0 Å². The van der Waals surface area contributed by atoms with Crippen LogP contribution in [0.3, 0.4) is 0 Å². The first-order valence-corrected chi connectivity index (χ1v) is 3.89. The fraction of sp³-hybridized carbons (Fsp3) is 0.125. The number of halogens is 1. The van der Waals surface area contributed by atoms with Crippen molar-refractivity contribution in [1.29, 1.82) is 0 Å². The van der Waals surface area contributed by atoms with Crippen molar-refractivity contribution in [3.63, 3.8) is 0 Å². The molecule has 0 atom stereocenters. The number of rotatable bonds is 0. The molecule has 0 aliphatic carbocycles. The molecule has 0 saturated heterocycles. The van der Waals surface area contributed by atoms with Gasteiger partial charge in [0.2, 0.25) is 0 Å². The second-order valence-electron chi connectivity index (χ2n) is 2.65. The minimum atomic E-state index is 0.500. The Kier molecular flexibility index (Phi) is 1.48. The van der Waals surface area contributed by atoms with E-state index in [1.54, 1.807) is 12.3 Å². The van der Waals surface area contributed by atoms with Crippen LogP contribution in [0.1, 0.15) is 5.56 Å². The zero-order chi connectivity index (χ0) is 8.72. The van der Waals surface area contributed by atoms with Crippen molar-refractivity contribution in [2.75, 3.05) is 0 Å². The summed E-state index contributed by atoms with van der Waals surface area (Å²) in [5.74, 6) is 0.500. The predicted octanol–water partition coefficient (Wildman–Crippen LogP) is 2.19. The lowest BCUT2D eigenvalue weighted by atomic mass is 10.2. The van der Waals surface area contributed by atoms with Gasteiger partial charge in [0.25, 0.3) is 0 Å². The Balaban J connectivity index is 2.84. The van der Waals surface area contributed by atoms with Crippen LogP contribution in [-0.2, 0) is 0 Å². The van der Waals surface area contributed by atoms with E-state index in [4.69, 9.17) is 11.6 Å². The van der Waals surface area contributed by atoms with E-state index in [1.165, 1.54) is 6.20 Å². The van der Waals surface area contributed by atoms with Gasteiger partial charge in [-0.25, -0.2) is 4.98 Å². The molecule has 2 rings (SSSR count). The molecule has 0 amide bonds. The van der Waals surface area contributed by atoms with Crippen LogP contribution in [0.4, 0.5) is 0 Å². The first kappa shape index (κ1) is 7.43. The summed E-state index contributed by atoms with van der Waals surface area (Å²) >= 11 is 5.91. The van der Waals surface area contributed by atoms with Gasteiger partial charge in [-0.05, 0) is 18.6 Å². The Labute approximate surface area is 74.5 Å². The molecule has 4 heteroatoms. The van der Waals surface area contributed by atoms with Crippen LogP contribution >= 0.6 is 11.6 Å². The van der Waals surface area contributed by atoms with Gasteiger partial charge >= 0.3 is 0 Å². The maximum Gasteiger partial charge on any atom is 0.176 e. The molecule has 1 N–H and O–H groups in total. The Hall–Kier alpha value is -1.22. The molecule has 12 heavy (non-hydrogen) atoms. The Bertz CT molecular complexity index is 397. The molecule has 0 aromatic heterocycles. The summed E-state index contributed by atoms with van der Waals surface area (Å²) in [6.07, 6.45) is 3.15. The Morgan fingerprint density at radius 1 is 1.58 bits per heavy atom. The third-order valence-electron chi connectivity index (χ3n) is 1.82. The summed E-state index contributed by atoms with van der Waals surface area (Å²) in [5.41, 5.74) is 1.78. The second kappa shape index (κ2) is 2.38. The summed E-state index contributed by atoms with van der Waals surface area (Å²) in [6, 6.07) is 1.64. The van der Waals surface area contributed by atoms with Gasteiger partial charge in [0.1, 0.15) is 0 Å². The highest BCUT2D eigenvalue weighted by Gasteiger charge is 2.14. The minimum Gasteiger partial charge on any atom is -0.427 e. The van der Waals surface area contributed by atoms with Crippen LogP contribution in [0.25, 0.3) is 11.4 Å². The van der Waals surface area contributed by atoms with E-state index in [-0.39, 0.29) is 0 Å². The summed E-state index contributed by atoms with van der Waals surface area (Å²) in [5, 5.41) is 9.92. The molecular weight excluding hydrogens is 176 g/mol. The van der Waals surface area contributed by atoms with Gasteiger partial charge in [-0.2, -0.15) is 4.73 Å². The van der Waals surface area contributed by atoms with Gasteiger partial charge in [-0.1, -0.05) is 11.6 Å². The van der Waals surface area contributed by atoms with Gasteiger partial charge in [0.05, 0.1) is 5.02 Å². The average Bonchev–Trinajstić information content (AvgIpc) is 2.42. The van der Waals surface area contributed by atoms with E-state index >= 15 is 0 Å². The number of aromatic nitrogens is 2. The van der Waals surface area contributed by atoms with Gasteiger partial charge < -0.3 is 5.21 Å². The topological polar surface area (TPSA) is 38.0 Å². The summed E-state index contributed by atoms with van der Waals surface area (Å²) in [4.78, 5) is 4.01. The average molecular weight is 183 g/mol. The van der Waals surface area contributed by atoms with Crippen LogP contribution in [0.5, 0.6) is 0 Å². The van der Waals surface area contributed by atoms with Crippen LogP contribution < -0.4 is 0 Å². The maximum absolute atomic E-state index is 9.30. The molecule has 2 aliphatic heterocycles. The van der Waals surface area contributed by atoms with Crippen molar-refractivity contribution < 1.29 is 5.21 Å². The van der Waals surface area contributed by atoms with Crippen molar-refractivity contribution in [3.05, 3.63) is 29.0 Å². The molecule has 0 fully saturated rings. The van der Waals surface area contributed by atoms with Crippen LogP contribution in [0.15, 0.2) is 18.5 Å². The maximum atomic E-state index is 9.30. The third-order valence-corrected chi connectivity index (χ3v) is 2.13. The van der Waals surface area contributed by atoms with Gasteiger partial charge in [-0.15, -0.1) is 0 Å². The van der Waals surface area contributed by atoms with E-state index in [1.807, 2.05) is 6.92 Å². The fourth-order valence-electron chi connectivity index (χ4n) is 1.22. The molecule has 3 nitrogen and oxygen atoms in total. The van der Waals surface area contributed by atoms with E-state index in [9.17, 15) is 5.21 Å². The molecule has 0 spiro atoms. The molecule has 0 aromatic carbocycles. The summed E-state index contributed by atoms with van der Waals surface area (Å²) < 4.78 is 0.966. The molecule has 0 aromatic rings. The molecule has 2 aliphatic rings. The zero-order valence-corrected chi connectivity index (χ0v) is 7.21. The molecule has 0 radical (unpaired) electrons. The highest BCUT2D eigenvalue weighted by molar-refractivity contribution is 6.33. The van der Waals surface area contributed by atoms with Crippen LogP contribution in [0, 0.1) is 6.92 Å². The van der Waals surface area contributed by atoms with Crippen molar-refractivity contribution in [2.45, 2.75) is 6.92 Å². The lowest BCUT2D eigenvalue weighted by Gasteiger charge is -2.05. The summed E-state index contributed by atoms with van der Waals surface area (Å²) in [6.45, 7) is 1.90. The second-order valence-corrected chi connectivity index (χ2v) is 3.06. The number of hydrogen-bond acceptors (Lipinski definition) is 2. The highest BCUT2D eigenvalue weighted by Crippen LogP contribution is 2.30. The van der Waals surface area contributed by atoms with Gasteiger partial charge in [-0.3, -0.25) is 0 Å². The predicted molar refractivity (Wildman–Crippen MR) is 45.8 cm³/mol. The van der Waals surface area contributed by atoms with Crippen molar-refractivity contribution >= 4 is 11.6 Å². The van der Waals surface area contributed by atoms with Crippen molar-refractivity contribution in [3.8, 4) is 11.4 Å². The first-order chi connectivity index (χ1) is 5.70. The molecular formula is C8H7ClN2O. The van der Waals surface area contributed by atoms with E-state index in [0.29, 0.717) is 10.8 Å². The number of fused-ring (bicyclic) bond motifs is 1. The molecule has 62 valence electrons. The fourth-order valence-corrected chi connectivity index (χ4v) is 1.51. The van der Waals surface area contributed by atoms with E-state index in [2.05, 4.69) is 4.98 Å². The first-order valence-electron chi connectivity index (χ1n) is 3.51. The SMILES string of the molecule is Cc1cnc2n(O)ccc(Cl)c1-2. The number of aryl methyl sites for hydroxylation is 1. The lowest BCUT2D eigenvalue weighted by molar-refractivity contribution is 0.187. The van der Waals surface area contributed by atoms with Crippen molar-refractivity contribution in [2.24, 2.45) is 0 Å². The lowest BCUT2D eigenvalue weighted by Crippen LogP contribution is -1.98. The van der Waals surface area contributed by atoms with Crippen LogP contribution in [0.2, 0.25) is 5.02 Å². The minimum absolute atomic E-state index is 0.500. The molecule has 0 bridgehead atoms. The Morgan fingerprint density at radius 2 is 2.33 bits per heavy atom. The molecule has 2 heterocycles. The third kappa shape index (κ3) is 0.865. The number of pyridine rings is 1.